The normalized spacial score (nSPS) is 11.4. The zero-order valence-electron chi connectivity index (χ0n) is 13.3. The number of benzene rings is 2. The summed E-state index contributed by atoms with van der Waals surface area (Å²) < 4.78 is 0.951. The Bertz CT molecular complexity index is 934. The molecule has 126 valence electrons. The number of carbonyl (C=O) groups is 1. The first-order valence-electron chi connectivity index (χ1n) is 7.45. The first-order chi connectivity index (χ1) is 12.0. The smallest absolute Gasteiger partial charge is 0.272 e. The van der Waals surface area contributed by atoms with E-state index >= 15 is 0 Å². The number of hydrazone groups is 1. The monoisotopic (exact) mass is 416 g/mol. The van der Waals surface area contributed by atoms with E-state index in [-0.39, 0.29) is 5.91 Å². The molecule has 0 saturated carbocycles. The maximum absolute atomic E-state index is 12.2. The minimum Gasteiger partial charge on any atom is -0.272 e. The highest BCUT2D eigenvalue weighted by Crippen LogP contribution is 2.20. The minimum atomic E-state index is -0.359. The summed E-state index contributed by atoms with van der Waals surface area (Å²) in [6, 6.07) is 16.6. The van der Waals surface area contributed by atoms with Crippen LogP contribution in [0.5, 0.6) is 0 Å². The largest absolute Gasteiger partial charge is 0.289 e. The van der Waals surface area contributed by atoms with Crippen LogP contribution in [0.25, 0.3) is 11.3 Å². The van der Waals surface area contributed by atoms with E-state index < -0.39 is 0 Å². The molecule has 0 aliphatic rings. The maximum atomic E-state index is 12.2. The fraction of sp³-hybridized carbons (Fsp3) is 0.0556. The summed E-state index contributed by atoms with van der Waals surface area (Å²) in [5, 5.41) is 11.7. The van der Waals surface area contributed by atoms with Crippen molar-refractivity contribution in [3.8, 4) is 11.3 Å². The van der Waals surface area contributed by atoms with Crippen molar-refractivity contribution in [1.29, 1.82) is 0 Å². The van der Waals surface area contributed by atoms with Gasteiger partial charge < -0.3 is 0 Å². The third-order valence-corrected chi connectivity index (χ3v) is 4.28. The van der Waals surface area contributed by atoms with Crippen LogP contribution in [0, 0.1) is 0 Å². The van der Waals surface area contributed by atoms with Gasteiger partial charge in [-0.2, -0.15) is 10.2 Å². The Balaban J connectivity index is 1.71. The second kappa shape index (κ2) is 7.63. The highest BCUT2D eigenvalue weighted by Gasteiger charge is 2.11. The molecule has 0 radical (unpaired) electrons. The molecule has 0 aliphatic carbocycles. The summed E-state index contributed by atoms with van der Waals surface area (Å²) in [5.41, 5.74) is 6.01. The lowest BCUT2D eigenvalue weighted by molar-refractivity contribution is 0.0950. The summed E-state index contributed by atoms with van der Waals surface area (Å²) in [5.74, 6) is -0.359. The molecule has 5 nitrogen and oxygen atoms in total. The number of aromatic nitrogens is 2. The standard InChI is InChI=1S/C18H14BrClN4O/c1-11(13-3-2-4-14(19)9-13)21-24-18(25)17-10-16(22-23-17)12-5-7-15(20)8-6-12/h2-10H,1H3,(H,22,23)(H,24,25). The first kappa shape index (κ1) is 17.4. The topological polar surface area (TPSA) is 70.1 Å². The molecule has 0 fully saturated rings. The Morgan fingerprint density at radius 1 is 1.20 bits per heavy atom. The van der Waals surface area contributed by atoms with Gasteiger partial charge in [0.1, 0.15) is 5.69 Å². The Kier molecular flexibility index (Phi) is 5.31. The van der Waals surface area contributed by atoms with E-state index in [2.05, 4.69) is 36.7 Å². The second-order valence-corrected chi connectivity index (χ2v) is 6.67. The van der Waals surface area contributed by atoms with Crippen LogP contribution in [0.3, 0.4) is 0 Å². The number of aromatic amines is 1. The number of halogens is 2. The van der Waals surface area contributed by atoms with Gasteiger partial charge in [-0.25, -0.2) is 5.43 Å². The molecule has 25 heavy (non-hydrogen) atoms. The summed E-state index contributed by atoms with van der Waals surface area (Å²) in [6.07, 6.45) is 0. The van der Waals surface area contributed by atoms with Crippen molar-refractivity contribution in [2.45, 2.75) is 6.92 Å². The van der Waals surface area contributed by atoms with Crippen molar-refractivity contribution in [3.05, 3.63) is 75.4 Å². The van der Waals surface area contributed by atoms with Crippen molar-refractivity contribution in [2.24, 2.45) is 5.10 Å². The summed E-state index contributed by atoms with van der Waals surface area (Å²) in [6.45, 7) is 1.83. The number of nitrogens with one attached hydrogen (secondary N) is 2. The molecular weight excluding hydrogens is 404 g/mol. The molecule has 0 unspecified atom stereocenters. The van der Waals surface area contributed by atoms with Crippen LogP contribution in [0.15, 0.2) is 64.2 Å². The number of hydrogen-bond acceptors (Lipinski definition) is 3. The number of rotatable bonds is 4. The van der Waals surface area contributed by atoms with E-state index in [1.54, 1.807) is 18.2 Å². The quantitative estimate of drug-likeness (QED) is 0.479. The van der Waals surface area contributed by atoms with Crippen LogP contribution in [0.1, 0.15) is 23.0 Å². The van der Waals surface area contributed by atoms with Crippen molar-refractivity contribution in [2.75, 3.05) is 0 Å². The molecule has 0 aliphatic heterocycles. The average molecular weight is 418 g/mol. The number of H-pyrrole nitrogens is 1. The zero-order valence-corrected chi connectivity index (χ0v) is 15.6. The van der Waals surface area contributed by atoms with Gasteiger partial charge in [0, 0.05) is 15.1 Å². The molecule has 1 aromatic heterocycles. The molecule has 0 spiro atoms. The van der Waals surface area contributed by atoms with Crippen molar-refractivity contribution < 1.29 is 4.79 Å². The predicted octanol–water partition coefficient (Wildman–Crippen LogP) is 4.65. The van der Waals surface area contributed by atoms with Gasteiger partial charge in [-0.3, -0.25) is 9.89 Å². The lowest BCUT2D eigenvalue weighted by Crippen LogP contribution is -2.19. The summed E-state index contributed by atoms with van der Waals surface area (Å²) in [4.78, 5) is 12.2. The highest BCUT2D eigenvalue weighted by molar-refractivity contribution is 9.10. The van der Waals surface area contributed by atoms with E-state index in [0.29, 0.717) is 22.1 Å². The van der Waals surface area contributed by atoms with Gasteiger partial charge in [-0.15, -0.1) is 0 Å². The molecule has 2 N–H and O–H groups in total. The minimum absolute atomic E-state index is 0.329. The van der Waals surface area contributed by atoms with Crippen LogP contribution < -0.4 is 5.43 Å². The molecule has 1 heterocycles. The van der Waals surface area contributed by atoms with Gasteiger partial charge in [0.2, 0.25) is 0 Å². The second-order valence-electron chi connectivity index (χ2n) is 5.32. The lowest BCUT2D eigenvalue weighted by atomic mass is 10.1. The molecule has 3 rings (SSSR count). The van der Waals surface area contributed by atoms with Gasteiger partial charge in [0.25, 0.3) is 5.91 Å². The van der Waals surface area contributed by atoms with Crippen LogP contribution in [0.2, 0.25) is 5.02 Å². The number of hydrogen-bond donors (Lipinski definition) is 2. The third kappa shape index (κ3) is 4.35. The molecule has 2 aromatic carbocycles. The molecule has 1 amide bonds. The van der Waals surface area contributed by atoms with E-state index in [1.807, 2.05) is 43.3 Å². The number of carbonyl (C=O) groups excluding carboxylic acids is 1. The van der Waals surface area contributed by atoms with Crippen LogP contribution >= 0.6 is 27.5 Å². The van der Waals surface area contributed by atoms with E-state index in [0.717, 1.165) is 15.6 Å². The molecule has 7 heteroatoms. The number of amides is 1. The van der Waals surface area contributed by atoms with Crippen LogP contribution in [0.4, 0.5) is 0 Å². The molecule has 0 saturated heterocycles. The number of nitrogens with zero attached hydrogens (tertiary/aromatic N) is 2. The van der Waals surface area contributed by atoms with Crippen molar-refractivity contribution in [1.82, 2.24) is 15.6 Å². The zero-order chi connectivity index (χ0) is 17.8. The Morgan fingerprint density at radius 3 is 2.68 bits per heavy atom. The van der Waals surface area contributed by atoms with E-state index in [4.69, 9.17) is 11.6 Å². The van der Waals surface area contributed by atoms with E-state index in [1.165, 1.54) is 0 Å². The average Bonchev–Trinajstić information content (AvgIpc) is 3.10. The van der Waals surface area contributed by atoms with E-state index in [9.17, 15) is 4.79 Å². The van der Waals surface area contributed by atoms with Crippen molar-refractivity contribution in [3.63, 3.8) is 0 Å². The van der Waals surface area contributed by atoms with Gasteiger partial charge in [-0.05, 0) is 42.8 Å². The predicted molar refractivity (Wildman–Crippen MR) is 103 cm³/mol. The summed E-state index contributed by atoms with van der Waals surface area (Å²) >= 11 is 9.29. The lowest BCUT2D eigenvalue weighted by Gasteiger charge is -2.02. The molecule has 0 atom stereocenters. The van der Waals surface area contributed by atoms with Gasteiger partial charge >= 0.3 is 0 Å². The highest BCUT2D eigenvalue weighted by atomic mass is 79.9. The van der Waals surface area contributed by atoms with Crippen LogP contribution in [-0.2, 0) is 0 Å². The van der Waals surface area contributed by atoms with Gasteiger partial charge in [0.15, 0.2) is 0 Å². The molecular formula is C18H14BrClN4O. The summed E-state index contributed by atoms with van der Waals surface area (Å²) in [7, 11) is 0. The first-order valence-corrected chi connectivity index (χ1v) is 8.62. The van der Waals surface area contributed by atoms with Gasteiger partial charge in [-0.1, -0.05) is 51.8 Å². The fourth-order valence-electron chi connectivity index (χ4n) is 2.18. The Morgan fingerprint density at radius 2 is 1.96 bits per heavy atom. The Hall–Kier alpha value is -2.44. The SMILES string of the molecule is CC(=NNC(=O)c1cc(-c2ccc(Cl)cc2)n[nH]1)c1cccc(Br)c1. The maximum Gasteiger partial charge on any atom is 0.289 e. The van der Waals surface area contributed by atoms with Crippen LogP contribution in [-0.4, -0.2) is 21.8 Å². The van der Waals surface area contributed by atoms with Crippen molar-refractivity contribution >= 4 is 39.1 Å². The molecule has 3 aromatic rings. The Labute approximate surface area is 158 Å². The van der Waals surface area contributed by atoms with Gasteiger partial charge in [0.05, 0.1) is 11.4 Å². The third-order valence-electron chi connectivity index (χ3n) is 3.53. The molecule has 0 bridgehead atoms. The fourth-order valence-corrected chi connectivity index (χ4v) is 2.70.